The highest BCUT2D eigenvalue weighted by Gasteiger charge is 2.49. The van der Waals surface area contributed by atoms with Crippen LogP contribution in [0.2, 0.25) is 0 Å². The van der Waals surface area contributed by atoms with E-state index in [0.29, 0.717) is 0 Å². The van der Waals surface area contributed by atoms with E-state index in [0.717, 1.165) is 34.1 Å². The number of rotatable bonds is 8. The second kappa shape index (κ2) is 16.0. The largest absolute Gasteiger partial charge is 0.310 e. The molecule has 0 aliphatic heterocycles. The summed E-state index contributed by atoms with van der Waals surface area (Å²) in [5, 5.41) is 7.41. The molecule has 0 spiro atoms. The number of hydrogen-bond acceptors (Lipinski definition) is 2. The van der Waals surface area contributed by atoms with Gasteiger partial charge in [0, 0.05) is 33.8 Å². The predicted molar refractivity (Wildman–Crippen MR) is 285 cm³/mol. The molecule has 67 heavy (non-hydrogen) atoms. The number of hydrogen-bond donors (Lipinski definition) is 0. The van der Waals surface area contributed by atoms with E-state index in [1.165, 1.54) is 88.0 Å². The van der Waals surface area contributed by atoms with Gasteiger partial charge in [-0.15, -0.1) is 0 Å². The zero-order valence-electron chi connectivity index (χ0n) is 38.3. The predicted octanol–water partition coefficient (Wildman–Crippen LogP) is 17.7. The summed E-state index contributed by atoms with van der Waals surface area (Å²) in [5.74, 6) is 0. The Morgan fingerprint density at radius 1 is 0.284 bits per heavy atom. The summed E-state index contributed by atoms with van der Waals surface area (Å²) in [6.45, 7) is 8.81. The summed E-state index contributed by atoms with van der Waals surface area (Å²) in [6, 6.07) is 86.0. The molecule has 2 nitrogen and oxygen atoms in total. The molecule has 2 heteroatoms. The van der Waals surface area contributed by atoms with Crippen molar-refractivity contribution in [2.24, 2.45) is 0 Å². The molecule has 0 bridgehead atoms. The van der Waals surface area contributed by atoms with Crippen LogP contribution in [0.1, 0.15) is 44.5 Å². The fourth-order valence-electron chi connectivity index (χ4n) is 11.1. The quantitative estimate of drug-likeness (QED) is 0.141. The van der Waals surface area contributed by atoms with Gasteiger partial charge in [-0.05, 0) is 177 Å². The minimum atomic E-state index is -0.700. The van der Waals surface area contributed by atoms with Crippen molar-refractivity contribution in [1.29, 1.82) is 0 Å². The maximum Gasteiger partial charge on any atom is 0.0720 e. The highest BCUT2D eigenvalue weighted by Crippen LogP contribution is 2.63. The van der Waals surface area contributed by atoms with Crippen LogP contribution in [0.15, 0.2) is 231 Å². The van der Waals surface area contributed by atoms with Gasteiger partial charge in [0.1, 0.15) is 0 Å². The van der Waals surface area contributed by atoms with Crippen LogP contribution in [0.3, 0.4) is 0 Å². The second-order valence-electron chi connectivity index (χ2n) is 18.3. The van der Waals surface area contributed by atoms with Crippen molar-refractivity contribution >= 4 is 66.4 Å². The van der Waals surface area contributed by atoms with E-state index in [1.807, 2.05) is 0 Å². The van der Waals surface area contributed by atoms with Crippen molar-refractivity contribution in [2.75, 3.05) is 9.80 Å². The van der Waals surface area contributed by atoms with Gasteiger partial charge >= 0.3 is 0 Å². The zero-order valence-corrected chi connectivity index (χ0v) is 38.3. The van der Waals surface area contributed by atoms with Crippen molar-refractivity contribution in [3.8, 4) is 11.1 Å². The molecule has 12 rings (SSSR count). The third kappa shape index (κ3) is 6.32. The molecule has 1 aliphatic carbocycles. The Kier molecular flexibility index (Phi) is 9.66. The van der Waals surface area contributed by atoms with Gasteiger partial charge in [0.05, 0.1) is 11.1 Å². The van der Waals surface area contributed by atoms with Gasteiger partial charge in [-0.3, -0.25) is 0 Å². The Labute approximate surface area is 393 Å². The molecule has 0 saturated heterocycles. The van der Waals surface area contributed by atoms with Crippen LogP contribution in [0.25, 0.3) is 43.4 Å². The van der Waals surface area contributed by atoms with E-state index in [4.69, 9.17) is 0 Å². The first-order valence-electron chi connectivity index (χ1n) is 23.4. The zero-order chi connectivity index (χ0) is 45.2. The molecule has 0 radical (unpaired) electrons. The Morgan fingerprint density at radius 3 is 1.27 bits per heavy atom. The maximum atomic E-state index is 2.55. The lowest BCUT2D eigenvalue weighted by Gasteiger charge is -2.36. The Hall–Kier alpha value is -8.20. The van der Waals surface area contributed by atoms with E-state index in [1.54, 1.807) is 0 Å². The Bertz CT molecular complexity index is 3630. The van der Waals surface area contributed by atoms with Crippen molar-refractivity contribution in [1.82, 2.24) is 0 Å². The number of aryl methyl sites for hydroxylation is 4. The Balaban J connectivity index is 1.25. The highest BCUT2D eigenvalue weighted by atomic mass is 15.1. The number of anilines is 6. The van der Waals surface area contributed by atoms with Gasteiger partial charge in [0.25, 0.3) is 0 Å². The topological polar surface area (TPSA) is 6.48 Å². The van der Waals surface area contributed by atoms with Gasteiger partial charge in [0.15, 0.2) is 0 Å². The Morgan fingerprint density at radius 2 is 0.716 bits per heavy atom. The van der Waals surface area contributed by atoms with Gasteiger partial charge in [-0.25, -0.2) is 0 Å². The summed E-state index contributed by atoms with van der Waals surface area (Å²) in [7, 11) is 0. The van der Waals surface area contributed by atoms with Crippen LogP contribution in [-0.4, -0.2) is 0 Å². The van der Waals surface area contributed by atoms with E-state index in [2.05, 4.69) is 268 Å². The SMILES string of the molecule is Cc1ccc(N(c2ccccc2)c2ccc3c4c(c5ccccc5c3c2)-c2c(cc(N(c3ccccc3)c3ccc(C)c(C)c3)c3ccccc23)C4(c2ccccc2)c2ccccc2)cc1C. The lowest BCUT2D eigenvalue weighted by molar-refractivity contribution is 0.776. The third-order valence-electron chi connectivity index (χ3n) is 14.5. The standard InChI is InChI=1S/C65H50N2/c1-43-33-35-51(39-45(43)3)66(49-25-13-7-14-26-49)53-37-38-58-59(41-53)54-29-17-19-31-56(54)63-62-57-32-20-18-30-55(57)61(67(50-27-15-8-16-28-50)52-36-34-44(2)46(4)40-52)42-60(62)65(64(58)63,47-21-9-5-10-22-47)48-23-11-6-12-24-48/h5-42H,1-4H3. The molecule has 11 aromatic carbocycles. The molecule has 0 atom stereocenters. The van der Waals surface area contributed by atoms with E-state index in [-0.39, 0.29) is 0 Å². The van der Waals surface area contributed by atoms with Crippen LogP contribution in [0.5, 0.6) is 0 Å². The van der Waals surface area contributed by atoms with E-state index in [9.17, 15) is 0 Å². The number of benzene rings is 11. The first-order chi connectivity index (χ1) is 32.9. The molecule has 0 saturated carbocycles. The monoisotopic (exact) mass is 858 g/mol. The van der Waals surface area contributed by atoms with Gasteiger partial charge in [-0.1, -0.05) is 164 Å². The molecule has 0 amide bonds. The van der Waals surface area contributed by atoms with Gasteiger partial charge in [-0.2, -0.15) is 0 Å². The lowest BCUT2D eigenvalue weighted by Crippen LogP contribution is -2.29. The van der Waals surface area contributed by atoms with Crippen molar-refractivity contribution in [2.45, 2.75) is 33.1 Å². The maximum absolute atomic E-state index is 2.55. The van der Waals surface area contributed by atoms with Crippen LogP contribution < -0.4 is 9.80 Å². The van der Waals surface area contributed by atoms with Crippen molar-refractivity contribution < 1.29 is 0 Å². The third-order valence-corrected chi connectivity index (χ3v) is 14.5. The van der Waals surface area contributed by atoms with Crippen LogP contribution in [-0.2, 0) is 5.41 Å². The van der Waals surface area contributed by atoms with Crippen LogP contribution in [0.4, 0.5) is 34.1 Å². The summed E-state index contributed by atoms with van der Waals surface area (Å²) in [6.07, 6.45) is 0. The van der Waals surface area contributed by atoms with E-state index < -0.39 is 5.41 Å². The first kappa shape index (κ1) is 40.3. The first-order valence-corrected chi connectivity index (χ1v) is 23.4. The fraction of sp³-hybridized carbons (Fsp3) is 0.0769. The second-order valence-corrected chi connectivity index (χ2v) is 18.3. The molecule has 1 aliphatic rings. The molecule has 0 heterocycles. The smallest absolute Gasteiger partial charge is 0.0720 e. The summed E-state index contributed by atoms with van der Waals surface area (Å²) >= 11 is 0. The van der Waals surface area contributed by atoms with Gasteiger partial charge in [0.2, 0.25) is 0 Å². The average molecular weight is 859 g/mol. The molecule has 320 valence electrons. The molecule has 0 N–H and O–H groups in total. The van der Waals surface area contributed by atoms with Crippen molar-refractivity contribution in [3.05, 3.63) is 275 Å². The molecular formula is C65H50N2. The number of para-hydroxylation sites is 2. The molecule has 0 aromatic heterocycles. The molecular weight excluding hydrogens is 809 g/mol. The normalized spacial score (nSPS) is 12.6. The number of fused-ring (bicyclic) bond motifs is 10. The number of nitrogens with zero attached hydrogens (tertiary/aromatic N) is 2. The summed E-state index contributed by atoms with van der Waals surface area (Å²) < 4.78 is 0. The minimum absolute atomic E-state index is 0.700. The van der Waals surface area contributed by atoms with Crippen LogP contribution in [0, 0.1) is 27.7 Å². The highest BCUT2D eigenvalue weighted by molar-refractivity contribution is 6.24. The average Bonchev–Trinajstić information content (AvgIpc) is 3.70. The lowest BCUT2D eigenvalue weighted by atomic mass is 9.66. The van der Waals surface area contributed by atoms with Crippen molar-refractivity contribution in [3.63, 3.8) is 0 Å². The van der Waals surface area contributed by atoms with Crippen LogP contribution >= 0.6 is 0 Å². The van der Waals surface area contributed by atoms with E-state index >= 15 is 0 Å². The summed E-state index contributed by atoms with van der Waals surface area (Å²) in [5.41, 5.74) is 18.8. The molecule has 0 fully saturated rings. The van der Waals surface area contributed by atoms with Gasteiger partial charge < -0.3 is 9.80 Å². The minimum Gasteiger partial charge on any atom is -0.310 e. The molecule has 0 unspecified atom stereocenters. The molecule has 11 aromatic rings. The fourth-order valence-corrected chi connectivity index (χ4v) is 11.1. The summed E-state index contributed by atoms with van der Waals surface area (Å²) in [4.78, 5) is 4.89.